The lowest BCUT2D eigenvalue weighted by Crippen LogP contribution is -2.18. The largest absolute Gasteiger partial charge is 0.270 e. The molecule has 1 fully saturated rings. The molecule has 17 heavy (non-hydrogen) atoms. The number of rotatable bonds is 3. The van der Waals surface area contributed by atoms with Gasteiger partial charge in [0.15, 0.2) is 0 Å². The third-order valence-electron chi connectivity index (χ3n) is 3.80. The Morgan fingerprint density at radius 2 is 2.41 bits per heavy atom. The van der Waals surface area contributed by atoms with Crippen LogP contribution in [0.25, 0.3) is 0 Å². The minimum absolute atomic E-state index is 0.157. The maximum absolute atomic E-state index is 9.43. The molecule has 1 heterocycles. The van der Waals surface area contributed by atoms with E-state index in [1.54, 1.807) is 0 Å². The first kappa shape index (κ1) is 12.2. The Morgan fingerprint density at radius 3 is 2.88 bits per heavy atom. The smallest absolute Gasteiger partial charge is 0.0693 e. The molecule has 1 saturated carbocycles. The Labute approximate surface area is 103 Å². The van der Waals surface area contributed by atoms with E-state index < -0.39 is 0 Å². The quantitative estimate of drug-likeness (QED) is 0.800. The highest BCUT2D eigenvalue weighted by molar-refractivity contribution is 5.12. The van der Waals surface area contributed by atoms with Crippen LogP contribution < -0.4 is 0 Å². The first-order valence-corrected chi connectivity index (χ1v) is 6.50. The first-order chi connectivity index (χ1) is 8.04. The van der Waals surface area contributed by atoms with Crippen molar-refractivity contribution in [2.24, 2.45) is 11.3 Å². The summed E-state index contributed by atoms with van der Waals surface area (Å²) in [4.78, 5) is 0. The Morgan fingerprint density at radius 1 is 1.65 bits per heavy atom. The van der Waals surface area contributed by atoms with E-state index in [9.17, 15) is 5.26 Å². The summed E-state index contributed by atoms with van der Waals surface area (Å²) in [6, 6.07) is 5.00. The second kappa shape index (κ2) is 4.52. The molecule has 0 N–H and O–H groups in total. The number of hydrogen-bond donors (Lipinski definition) is 0. The third kappa shape index (κ3) is 2.52. The zero-order chi connectivity index (χ0) is 12.5. The van der Waals surface area contributed by atoms with Crippen LogP contribution in [0.15, 0.2) is 12.3 Å². The fraction of sp³-hybridized carbons (Fsp3) is 0.714. The van der Waals surface area contributed by atoms with Crippen LogP contribution in [0.2, 0.25) is 0 Å². The molecule has 2 unspecified atom stereocenters. The second-order valence-corrected chi connectivity index (χ2v) is 5.80. The summed E-state index contributed by atoms with van der Waals surface area (Å²) in [5.41, 5.74) is 0.907. The lowest BCUT2D eigenvalue weighted by atomic mass is 9.82. The molecule has 0 bridgehead atoms. The fourth-order valence-corrected chi connectivity index (χ4v) is 2.80. The monoisotopic (exact) mass is 231 g/mol. The van der Waals surface area contributed by atoms with E-state index in [1.165, 1.54) is 6.42 Å². The van der Waals surface area contributed by atoms with Gasteiger partial charge in [-0.25, -0.2) is 0 Å². The lowest BCUT2D eigenvalue weighted by molar-refractivity contribution is 0.383. The number of aromatic nitrogens is 2. The van der Waals surface area contributed by atoms with Gasteiger partial charge in [-0.3, -0.25) is 4.68 Å². The van der Waals surface area contributed by atoms with E-state index in [0.717, 1.165) is 25.0 Å². The van der Waals surface area contributed by atoms with Crippen LogP contribution in [-0.4, -0.2) is 9.78 Å². The molecular formula is C14H21N3. The van der Waals surface area contributed by atoms with Gasteiger partial charge in [0.2, 0.25) is 0 Å². The van der Waals surface area contributed by atoms with Crippen LogP contribution in [0, 0.1) is 22.7 Å². The van der Waals surface area contributed by atoms with E-state index in [2.05, 4.69) is 38.0 Å². The molecule has 0 radical (unpaired) electrons. The molecule has 92 valence electrons. The molecule has 0 saturated heterocycles. The highest BCUT2D eigenvalue weighted by Gasteiger charge is 2.38. The van der Waals surface area contributed by atoms with Crippen molar-refractivity contribution in [2.45, 2.75) is 52.5 Å². The van der Waals surface area contributed by atoms with Gasteiger partial charge in [-0.15, -0.1) is 0 Å². The average molecular weight is 231 g/mol. The van der Waals surface area contributed by atoms with Gasteiger partial charge in [0.25, 0.3) is 0 Å². The summed E-state index contributed by atoms with van der Waals surface area (Å²) >= 11 is 0. The summed E-state index contributed by atoms with van der Waals surface area (Å²) in [6.07, 6.45) is 6.06. The Bertz CT molecular complexity index is 427. The maximum Gasteiger partial charge on any atom is 0.0693 e. The van der Waals surface area contributed by atoms with Crippen LogP contribution >= 0.6 is 0 Å². The first-order valence-electron chi connectivity index (χ1n) is 6.50. The van der Waals surface area contributed by atoms with Gasteiger partial charge in [0, 0.05) is 18.7 Å². The van der Waals surface area contributed by atoms with Crippen molar-refractivity contribution in [3.8, 4) is 6.07 Å². The van der Waals surface area contributed by atoms with Crippen LogP contribution in [0.1, 0.15) is 51.8 Å². The molecule has 0 spiro atoms. The Balaban J connectivity index is 2.11. The molecule has 3 nitrogen and oxygen atoms in total. The van der Waals surface area contributed by atoms with Crippen molar-refractivity contribution < 1.29 is 0 Å². The summed E-state index contributed by atoms with van der Waals surface area (Å²) in [7, 11) is 0. The topological polar surface area (TPSA) is 41.6 Å². The molecule has 1 aliphatic carbocycles. The molecule has 0 amide bonds. The fourth-order valence-electron chi connectivity index (χ4n) is 2.80. The normalized spacial score (nSPS) is 28.5. The van der Waals surface area contributed by atoms with Gasteiger partial charge >= 0.3 is 0 Å². The molecule has 1 aromatic heterocycles. The maximum atomic E-state index is 9.43. The van der Waals surface area contributed by atoms with Gasteiger partial charge in [0.1, 0.15) is 0 Å². The standard InChI is InChI=1S/C14H21N3/c1-11(2)17-7-5-13(16-17)9-14(10-15)6-4-12(3)8-14/h5,7,11-12H,4,6,8-9H2,1-3H3. The van der Waals surface area contributed by atoms with Crippen LogP contribution in [0.4, 0.5) is 0 Å². The number of nitrogens with zero attached hydrogens (tertiary/aromatic N) is 3. The van der Waals surface area contributed by atoms with Gasteiger partial charge in [-0.1, -0.05) is 6.92 Å². The summed E-state index contributed by atoms with van der Waals surface area (Å²) in [5.74, 6) is 0.682. The van der Waals surface area contributed by atoms with E-state index >= 15 is 0 Å². The van der Waals surface area contributed by atoms with Crippen molar-refractivity contribution in [3.05, 3.63) is 18.0 Å². The zero-order valence-corrected chi connectivity index (χ0v) is 11.0. The van der Waals surface area contributed by atoms with Gasteiger partial charge in [0.05, 0.1) is 17.2 Å². The summed E-state index contributed by atoms with van der Waals surface area (Å²) < 4.78 is 1.97. The zero-order valence-electron chi connectivity index (χ0n) is 11.0. The van der Waals surface area contributed by atoms with Crippen LogP contribution in [0.5, 0.6) is 0 Å². The number of hydrogen-bond acceptors (Lipinski definition) is 2. The number of nitriles is 1. The average Bonchev–Trinajstić information content (AvgIpc) is 2.87. The Kier molecular flexibility index (Phi) is 3.24. The van der Waals surface area contributed by atoms with Crippen molar-refractivity contribution in [3.63, 3.8) is 0 Å². The van der Waals surface area contributed by atoms with Gasteiger partial charge < -0.3 is 0 Å². The van der Waals surface area contributed by atoms with E-state index in [4.69, 9.17) is 0 Å². The third-order valence-corrected chi connectivity index (χ3v) is 3.80. The molecule has 1 aromatic rings. The van der Waals surface area contributed by atoms with E-state index in [0.29, 0.717) is 12.0 Å². The second-order valence-electron chi connectivity index (χ2n) is 5.80. The van der Waals surface area contributed by atoms with Crippen molar-refractivity contribution in [1.82, 2.24) is 9.78 Å². The SMILES string of the molecule is CC1CCC(C#N)(Cc2ccn(C(C)C)n2)C1. The summed E-state index contributed by atoms with van der Waals surface area (Å²) in [5, 5.41) is 14.0. The highest BCUT2D eigenvalue weighted by Crippen LogP contribution is 2.43. The molecule has 3 heteroatoms. The molecule has 2 atom stereocenters. The van der Waals surface area contributed by atoms with Crippen molar-refractivity contribution in [2.75, 3.05) is 0 Å². The molecule has 1 aliphatic rings. The molecule has 0 aliphatic heterocycles. The van der Waals surface area contributed by atoms with Gasteiger partial charge in [-0.05, 0) is 45.1 Å². The van der Waals surface area contributed by atoms with Crippen LogP contribution in [0.3, 0.4) is 0 Å². The van der Waals surface area contributed by atoms with E-state index in [1.807, 2.05) is 10.9 Å². The summed E-state index contributed by atoms with van der Waals surface area (Å²) in [6.45, 7) is 6.48. The lowest BCUT2D eigenvalue weighted by Gasteiger charge is -2.19. The predicted octanol–water partition coefficient (Wildman–Crippen LogP) is 3.34. The van der Waals surface area contributed by atoms with E-state index in [-0.39, 0.29) is 5.41 Å². The molecular weight excluding hydrogens is 210 g/mol. The minimum Gasteiger partial charge on any atom is -0.270 e. The predicted molar refractivity (Wildman–Crippen MR) is 67.4 cm³/mol. The molecule has 2 rings (SSSR count). The molecule has 0 aromatic carbocycles. The van der Waals surface area contributed by atoms with Crippen molar-refractivity contribution >= 4 is 0 Å². The van der Waals surface area contributed by atoms with Gasteiger partial charge in [-0.2, -0.15) is 10.4 Å². The van der Waals surface area contributed by atoms with Crippen molar-refractivity contribution in [1.29, 1.82) is 5.26 Å². The van der Waals surface area contributed by atoms with Crippen LogP contribution in [-0.2, 0) is 6.42 Å². The highest BCUT2D eigenvalue weighted by atomic mass is 15.3. The minimum atomic E-state index is -0.157. The Hall–Kier alpha value is -1.30.